The zero-order valence-electron chi connectivity index (χ0n) is 7.20. The molecular formula is C9H11N3. The average molecular weight is 161 g/mol. The van der Waals surface area contributed by atoms with E-state index < -0.39 is 0 Å². The van der Waals surface area contributed by atoms with Crippen molar-refractivity contribution < 1.29 is 0 Å². The number of rotatable bonds is 1. The van der Waals surface area contributed by atoms with Crippen LogP contribution in [0.3, 0.4) is 0 Å². The van der Waals surface area contributed by atoms with E-state index in [1.807, 2.05) is 18.6 Å². The molecule has 62 valence electrons. The van der Waals surface area contributed by atoms with Crippen LogP contribution < -0.4 is 0 Å². The minimum atomic E-state index is 0.441. The Morgan fingerprint density at radius 1 is 1.25 bits per heavy atom. The van der Waals surface area contributed by atoms with E-state index in [4.69, 9.17) is 0 Å². The zero-order valence-corrected chi connectivity index (χ0v) is 7.20. The standard InChI is InChI=1S/C9H11N3/c1-6(2)7-5-11-8-3-10-4-9(8)12-7/h3-6,10H,1-2H3. The Kier molecular flexibility index (Phi) is 1.57. The number of H-pyrrole nitrogens is 1. The van der Waals surface area contributed by atoms with Crippen molar-refractivity contribution in [3.8, 4) is 0 Å². The van der Waals surface area contributed by atoms with Gasteiger partial charge in [-0.25, -0.2) is 4.98 Å². The normalized spacial score (nSPS) is 11.2. The molecule has 3 heteroatoms. The highest BCUT2D eigenvalue weighted by molar-refractivity contribution is 5.72. The lowest BCUT2D eigenvalue weighted by atomic mass is 10.1. The molecule has 0 saturated heterocycles. The monoisotopic (exact) mass is 161 g/mol. The fourth-order valence-electron chi connectivity index (χ4n) is 1.12. The quantitative estimate of drug-likeness (QED) is 0.695. The van der Waals surface area contributed by atoms with Gasteiger partial charge in [0, 0.05) is 18.6 Å². The number of aromatic nitrogens is 3. The van der Waals surface area contributed by atoms with E-state index in [0.717, 1.165) is 16.7 Å². The molecule has 0 aliphatic heterocycles. The summed E-state index contributed by atoms with van der Waals surface area (Å²) in [5, 5.41) is 0. The maximum absolute atomic E-state index is 4.44. The maximum atomic E-state index is 4.44. The summed E-state index contributed by atoms with van der Waals surface area (Å²) in [6.07, 6.45) is 5.56. The number of hydrogen-bond donors (Lipinski definition) is 1. The van der Waals surface area contributed by atoms with Gasteiger partial charge in [0.1, 0.15) is 11.0 Å². The Hall–Kier alpha value is -1.38. The van der Waals surface area contributed by atoms with Gasteiger partial charge in [0.25, 0.3) is 0 Å². The fraction of sp³-hybridized carbons (Fsp3) is 0.333. The van der Waals surface area contributed by atoms with Crippen molar-refractivity contribution in [2.45, 2.75) is 19.8 Å². The number of fused-ring (bicyclic) bond motifs is 1. The van der Waals surface area contributed by atoms with Crippen molar-refractivity contribution in [2.24, 2.45) is 0 Å². The third-order valence-electron chi connectivity index (χ3n) is 1.88. The Balaban J connectivity index is 2.60. The molecule has 2 heterocycles. The van der Waals surface area contributed by atoms with Gasteiger partial charge in [-0.1, -0.05) is 13.8 Å². The molecule has 0 unspecified atom stereocenters. The molecule has 0 amide bonds. The van der Waals surface area contributed by atoms with Crippen molar-refractivity contribution in [3.63, 3.8) is 0 Å². The van der Waals surface area contributed by atoms with E-state index in [-0.39, 0.29) is 0 Å². The van der Waals surface area contributed by atoms with Gasteiger partial charge in [0.2, 0.25) is 0 Å². The number of nitrogens with zero attached hydrogens (tertiary/aromatic N) is 2. The molecule has 0 aromatic carbocycles. The van der Waals surface area contributed by atoms with Gasteiger partial charge in [-0.2, -0.15) is 0 Å². The van der Waals surface area contributed by atoms with Crippen LogP contribution in [0, 0.1) is 0 Å². The Morgan fingerprint density at radius 2 is 2.00 bits per heavy atom. The Bertz CT molecular complexity index is 389. The Labute approximate surface area is 70.9 Å². The smallest absolute Gasteiger partial charge is 0.106 e. The van der Waals surface area contributed by atoms with Crippen molar-refractivity contribution in [1.29, 1.82) is 0 Å². The SMILES string of the molecule is CC(C)c1cnc2c[nH]cc2n1. The van der Waals surface area contributed by atoms with E-state index in [9.17, 15) is 0 Å². The molecular weight excluding hydrogens is 150 g/mol. The summed E-state index contributed by atoms with van der Waals surface area (Å²) >= 11 is 0. The highest BCUT2D eigenvalue weighted by Gasteiger charge is 2.02. The van der Waals surface area contributed by atoms with Crippen molar-refractivity contribution in [2.75, 3.05) is 0 Å². The highest BCUT2D eigenvalue weighted by Crippen LogP contribution is 2.13. The van der Waals surface area contributed by atoms with Crippen LogP contribution >= 0.6 is 0 Å². The zero-order chi connectivity index (χ0) is 8.55. The van der Waals surface area contributed by atoms with Crippen LogP contribution in [0.5, 0.6) is 0 Å². The van der Waals surface area contributed by atoms with Crippen molar-refractivity contribution in [1.82, 2.24) is 15.0 Å². The third-order valence-corrected chi connectivity index (χ3v) is 1.88. The fourth-order valence-corrected chi connectivity index (χ4v) is 1.12. The molecule has 0 fully saturated rings. The molecule has 2 aromatic heterocycles. The molecule has 3 nitrogen and oxygen atoms in total. The number of nitrogens with one attached hydrogen (secondary N) is 1. The first-order valence-corrected chi connectivity index (χ1v) is 4.07. The molecule has 12 heavy (non-hydrogen) atoms. The first-order chi connectivity index (χ1) is 5.77. The van der Waals surface area contributed by atoms with Crippen LogP contribution in [0.2, 0.25) is 0 Å². The molecule has 0 saturated carbocycles. The molecule has 1 N–H and O–H groups in total. The van der Waals surface area contributed by atoms with Crippen LogP contribution in [0.25, 0.3) is 11.0 Å². The second kappa shape index (κ2) is 2.59. The van der Waals surface area contributed by atoms with Crippen LogP contribution in [-0.2, 0) is 0 Å². The van der Waals surface area contributed by atoms with Crippen LogP contribution in [0.15, 0.2) is 18.6 Å². The van der Waals surface area contributed by atoms with E-state index >= 15 is 0 Å². The molecule has 0 spiro atoms. The average Bonchev–Trinajstić information content (AvgIpc) is 2.49. The van der Waals surface area contributed by atoms with E-state index in [2.05, 4.69) is 28.8 Å². The van der Waals surface area contributed by atoms with Crippen molar-refractivity contribution >= 4 is 11.0 Å². The number of hydrogen-bond acceptors (Lipinski definition) is 2. The predicted octanol–water partition coefficient (Wildman–Crippen LogP) is 2.08. The minimum Gasteiger partial charge on any atom is -0.364 e. The lowest BCUT2D eigenvalue weighted by molar-refractivity contribution is 0.822. The molecule has 2 rings (SSSR count). The molecule has 0 bridgehead atoms. The van der Waals surface area contributed by atoms with Crippen LogP contribution in [0.4, 0.5) is 0 Å². The molecule has 0 atom stereocenters. The van der Waals surface area contributed by atoms with E-state index in [0.29, 0.717) is 5.92 Å². The third kappa shape index (κ3) is 1.07. The highest BCUT2D eigenvalue weighted by atomic mass is 14.8. The lowest BCUT2D eigenvalue weighted by Crippen LogP contribution is -1.92. The first kappa shape index (κ1) is 7.28. The molecule has 0 aliphatic carbocycles. The number of aromatic amines is 1. The molecule has 2 aromatic rings. The predicted molar refractivity (Wildman–Crippen MR) is 48.0 cm³/mol. The summed E-state index contributed by atoms with van der Waals surface area (Å²) < 4.78 is 0. The minimum absolute atomic E-state index is 0.441. The van der Waals surface area contributed by atoms with Crippen LogP contribution in [-0.4, -0.2) is 15.0 Å². The topological polar surface area (TPSA) is 41.6 Å². The summed E-state index contributed by atoms with van der Waals surface area (Å²) in [5.74, 6) is 0.441. The van der Waals surface area contributed by atoms with Gasteiger partial charge in [-0.3, -0.25) is 4.98 Å². The van der Waals surface area contributed by atoms with E-state index in [1.165, 1.54) is 0 Å². The largest absolute Gasteiger partial charge is 0.364 e. The molecule has 0 radical (unpaired) electrons. The van der Waals surface area contributed by atoms with Gasteiger partial charge >= 0.3 is 0 Å². The van der Waals surface area contributed by atoms with Gasteiger partial charge in [0.05, 0.1) is 5.69 Å². The van der Waals surface area contributed by atoms with E-state index in [1.54, 1.807) is 0 Å². The summed E-state index contributed by atoms with van der Waals surface area (Å²) in [6.45, 7) is 4.23. The second-order valence-electron chi connectivity index (χ2n) is 3.18. The molecule has 0 aliphatic rings. The van der Waals surface area contributed by atoms with Crippen molar-refractivity contribution in [3.05, 3.63) is 24.3 Å². The first-order valence-electron chi connectivity index (χ1n) is 4.07. The summed E-state index contributed by atoms with van der Waals surface area (Å²) in [7, 11) is 0. The van der Waals surface area contributed by atoms with Gasteiger partial charge in [0.15, 0.2) is 0 Å². The second-order valence-corrected chi connectivity index (χ2v) is 3.18. The summed E-state index contributed by atoms with van der Waals surface area (Å²) in [6, 6.07) is 0. The van der Waals surface area contributed by atoms with Gasteiger partial charge in [-0.05, 0) is 5.92 Å². The maximum Gasteiger partial charge on any atom is 0.106 e. The van der Waals surface area contributed by atoms with Gasteiger partial charge < -0.3 is 4.98 Å². The lowest BCUT2D eigenvalue weighted by Gasteiger charge is -2.01. The van der Waals surface area contributed by atoms with Gasteiger partial charge in [-0.15, -0.1) is 0 Å². The Morgan fingerprint density at radius 3 is 2.75 bits per heavy atom. The summed E-state index contributed by atoms with van der Waals surface area (Å²) in [5.41, 5.74) is 2.92. The summed E-state index contributed by atoms with van der Waals surface area (Å²) in [4.78, 5) is 11.7. The van der Waals surface area contributed by atoms with Crippen LogP contribution in [0.1, 0.15) is 25.5 Å².